The maximum atomic E-state index is 12.7. The summed E-state index contributed by atoms with van der Waals surface area (Å²) in [5.41, 5.74) is 12.7. The number of carbonyl (C=O) groups excluding carboxylic acids is 1. The first-order valence-corrected chi connectivity index (χ1v) is 14.0. The number of hydrogen-bond acceptors (Lipinski definition) is 11. The molecule has 0 spiro atoms. The molecule has 12 nitrogen and oxygen atoms in total. The van der Waals surface area contributed by atoms with Crippen molar-refractivity contribution in [3.63, 3.8) is 0 Å². The second-order valence-corrected chi connectivity index (χ2v) is 9.76. The van der Waals surface area contributed by atoms with Crippen molar-refractivity contribution in [3.8, 4) is 5.75 Å². The van der Waals surface area contributed by atoms with Crippen LogP contribution in [0.4, 0.5) is 11.6 Å². The van der Waals surface area contributed by atoms with E-state index in [4.69, 9.17) is 47.1 Å². The van der Waals surface area contributed by atoms with Gasteiger partial charge in [0.2, 0.25) is 0 Å². The molecule has 1 fully saturated rings. The highest BCUT2D eigenvalue weighted by atomic mass is 35.5. The van der Waals surface area contributed by atoms with Crippen LogP contribution in [0.5, 0.6) is 5.75 Å². The highest BCUT2D eigenvalue weighted by Crippen LogP contribution is 2.19. The van der Waals surface area contributed by atoms with Crippen LogP contribution in [0.15, 0.2) is 24.3 Å². The van der Waals surface area contributed by atoms with Crippen molar-refractivity contribution in [3.05, 3.63) is 40.7 Å². The van der Waals surface area contributed by atoms with Crippen LogP contribution in [-0.2, 0) is 20.6 Å². The summed E-state index contributed by atoms with van der Waals surface area (Å²) in [6, 6.07) is 8.14. The molecule has 1 aliphatic heterocycles. The Balaban J connectivity index is 1.27. The van der Waals surface area contributed by atoms with E-state index in [0.717, 1.165) is 51.1 Å². The zero-order valence-electron chi connectivity index (χ0n) is 22.9. The normalized spacial score (nSPS) is 15.7. The number of aliphatic hydroxyl groups is 1. The number of benzene rings is 1. The first kappa shape index (κ1) is 31.8. The molecule has 1 amide bonds. The number of nitrogens with zero attached hydrogens (tertiary/aromatic N) is 3. The molecule has 1 aromatic carbocycles. The van der Waals surface area contributed by atoms with Crippen molar-refractivity contribution in [2.45, 2.75) is 31.7 Å². The van der Waals surface area contributed by atoms with Gasteiger partial charge in [0.25, 0.3) is 5.91 Å². The number of aliphatic hydroxyl groups excluding tert-OH is 1. The number of aryl methyl sites for hydroxylation is 1. The van der Waals surface area contributed by atoms with Gasteiger partial charge in [-0.1, -0.05) is 23.7 Å². The third-order valence-corrected chi connectivity index (χ3v) is 6.58. The van der Waals surface area contributed by atoms with E-state index < -0.39 is 5.91 Å². The Morgan fingerprint density at radius 2 is 1.68 bits per heavy atom. The van der Waals surface area contributed by atoms with Gasteiger partial charge in [-0.15, -0.1) is 0 Å². The van der Waals surface area contributed by atoms with Crippen molar-refractivity contribution in [1.29, 1.82) is 0 Å². The van der Waals surface area contributed by atoms with Gasteiger partial charge in [0.15, 0.2) is 22.5 Å². The molecule has 2 aromatic rings. The van der Waals surface area contributed by atoms with Gasteiger partial charge in [-0.25, -0.2) is 9.97 Å². The Kier molecular flexibility index (Phi) is 14.2. The number of amides is 1. The van der Waals surface area contributed by atoms with Crippen LogP contribution in [0.25, 0.3) is 0 Å². The average molecular weight is 581 g/mol. The number of anilines is 2. The summed E-state index contributed by atoms with van der Waals surface area (Å²) < 4.78 is 21.7. The molecule has 0 aliphatic carbocycles. The number of rotatable bonds is 18. The van der Waals surface area contributed by atoms with Gasteiger partial charge < -0.3 is 45.7 Å². The molecule has 1 aromatic heterocycles. The van der Waals surface area contributed by atoms with Crippen molar-refractivity contribution in [2.75, 3.05) is 84.0 Å². The van der Waals surface area contributed by atoms with E-state index in [1.807, 2.05) is 12.1 Å². The van der Waals surface area contributed by atoms with Crippen LogP contribution in [0.1, 0.15) is 35.3 Å². The van der Waals surface area contributed by atoms with E-state index in [1.165, 1.54) is 5.56 Å². The number of ether oxygens (including phenoxy) is 4. The molecular weight excluding hydrogens is 540 g/mol. The van der Waals surface area contributed by atoms with E-state index in [1.54, 1.807) is 0 Å². The fourth-order valence-corrected chi connectivity index (χ4v) is 4.45. The molecule has 0 saturated carbocycles. The molecular formula is C27H41ClN6O6. The Morgan fingerprint density at radius 1 is 1.00 bits per heavy atom. The third-order valence-electron chi connectivity index (χ3n) is 6.30. The predicted molar refractivity (Wildman–Crippen MR) is 153 cm³/mol. The minimum atomic E-state index is -0.390. The van der Waals surface area contributed by atoms with E-state index >= 15 is 0 Å². The van der Waals surface area contributed by atoms with E-state index in [0.29, 0.717) is 46.2 Å². The lowest BCUT2D eigenvalue weighted by atomic mass is 10.0. The molecule has 0 unspecified atom stereocenters. The lowest BCUT2D eigenvalue weighted by molar-refractivity contribution is 0.00361. The Hall–Kier alpha value is -2.74. The number of carbonyl (C=O) groups is 1. The highest BCUT2D eigenvalue weighted by Gasteiger charge is 2.24. The molecule has 6 N–H and O–H groups in total. The second kappa shape index (κ2) is 17.8. The summed E-state index contributed by atoms with van der Waals surface area (Å²) in [7, 11) is 0. The van der Waals surface area contributed by atoms with Gasteiger partial charge in [-0.3, -0.25) is 4.79 Å². The van der Waals surface area contributed by atoms with Crippen molar-refractivity contribution < 1.29 is 28.8 Å². The molecule has 222 valence electrons. The quantitative estimate of drug-likeness (QED) is 0.189. The first-order valence-electron chi connectivity index (χ1n) is 13.6. The van der Waals surface area contributed by atoms with Gasteiger partial charge in [0.05, 0.1) is 46.2 Å². The summed E-state index contributed by atoms with van der Waals surface area (Å²) >= 11 is 5.91. The minimum Gasteiger partial charge on any atom is -0.491 e. The smallest absolute Gasteiger partial charge is 0.274 e. The van der Waals surface area contributed by atoms with E-state index in [2.05, 4.69) is 32.3 Å². The average Bonchev–Trinajstić information content (AvgIpc) is 2.94. The number of piperidine rings is 1. The van der Waals surface area contributed by atoms with Gasteiger partial charge in [0, 0.05) is 12.6 Å². The lowest BCUT2D eigenvalue weighted by Crippen LogP contribution is -2.48. The minimum absolute atomic E-state index is 0.00102. The Labute approximate surface area is 240 Å². The molecule has 3 rings (SSSR count). The van der Waals surface area contributed by atoms with Crippen LogP contribution >= 0.6 is 11.6 Å². The summed E-state index contributed by atoms with van der Waals surface area (Å²) in [6.45, 7) is 5.95. The number of hydrogen-bond donors (Lipinski definition) is 4. The lowest BCUT2D eigenvalue weighted by Gasteiger charge is -2.33. The molecule has 1 atom stereocenters. The summed E-state index contributed by atoms with van der Waals surface area (Å²) in [5.74, 6) is 0.393. The molecule has 40 heavy (non-hydrogen) atoms. The van der Waals surface area contributed by atoms with E-state index in [-0.39, 0.29) is 35.1 Å². The molecule has 1 aliphatic rings. The van der Waals surface area contributed by atoms with Gasteiger partial charge >= 0.3 is 0 Å². The predicted octanol–water partition coefficient (Wildman–Crippen LogP) is 1.54. The number of likely N-dealkylation sites (tertiary alicyclic amines) is 1. The fourth-order valence-electron chi connectivity index (χ4n) is 4.32. The largest absolute Gasteiger partial charge is 0.491 e. The number of nitrogens with one attached hydrogen (secondary N) is 1. The first-order chi connectivity index (χ1) is 19.5. The molecule has 1 saturated heterocycles. The van der Waals surface area contributed by atoms with Crippen LogP contribution in [0.3, 0.4) is 0 Å². The van der Waals surface area contributed by atoms with Crippen LogP contribution in [0, 0.1) is 0 Å². The molecule has 0 radical (unpaired) electrons. The maximum absolute atomic E-state index is 12.7. The van der Waals surface area contributed by atoms with Crippen molar-refractivity contribution in [2.24, 2.45) is 0 Å². The second-order valence-electron chi connectivity index (χ2n) is 9.40. The Morgan fingerprint density at radius 3 is 2.38 bits per heavy atom. The van der Waals surface area contributed by atoms with Gasteiger partial charge in [0.1, 0.15) is 12.4 Å². The van der Waals surface area contributed by atoms with Gasteiger partial charge in [-0.2, -0.15) is 0 Å². The van der Waals surface area contributed by atoms with Gasteiger partial charge in [-0.05, 0) is 56.5 Å². The zero-order chi connectivity index (χ0) is 28.6. The maximum Gasteiger partial charge on any atom is 0.274 e. The monoisotopic (exact) mass is 580 g/mol. The molecule has 2 heterocycles. The number of aromatic nitrogens is 2. The number of halogens is 1. The van der Waals surface area contributed by atoms with E-state index in [9.17, 15) is 4.79 Å². The summed E-state index contributed by atoms with van der Waals surface area (Å²) in [4.78, 5) is 22.9. The van der Waals surface area contributed by atoms with Crippen LogP contribution < -0.4 is 21.5 Å². The molecule has 13 heteroatoms. The zero-order valence-corrected chi connectivity index (χ0v) is 23.6. The standard InChI is InChI=1S/C27H41ClN6O6/c28-24-26(30)33-25(29)23(32-24)27(36)31-21-4-2-10-34(19-21)9-1-3-20-5-7-22(8-6-20)40-18-17-39-16-15-38-14-13-37-12-11-35/h5-8,21,35H,1-4,9-19H2,(H,31,36)(H4,29,30,33)/t21-/m0/s1. The fraction of sp³-hybridized carbons (Fsp3) is 0.593. The topological polar surface area (TPSA) is 167 Å². The van der Waals surface area contributed by atoms with Crippen LogP contribution in [0.2, 0.25) is 5.15 Å². The third kappa shape index (κ3) is 11.4. The SMILES string of the molecule is Nc1nc(N)c(C(=O)N[C@H]2CCCN(CCCc3ccc(OCCOCCOCCOCCO)cc3)C2)nc1Cl. The number of nitrogens with two attached hydrogens (primary N) is 2. The summed E-state index contributed by atoms with van der Waals surface area (Å²) in [6.07, 6.45) is 3.85. The summed E-state index contributed by atoms with van der Waals surface area (Å²) in [5, 5.41) is 11.6. The van der Waals surface area contributed by atoms with Crippen molar-refractivity contribution >= 4 is 29.1 Å². The number of nitrogen functional groups attached to an aromatic ring is 2. The Bertz CT molecular complexity index is 1030. The van der Waals surface area contributed by atoms with Crippen molar-refractivity contribution in [1.82, 2.24) is 20.2 Å². The highest BCUT2D eigenvalue weighted by molar-refractivity contribution is 6.31. The molecule has 0 bridgehead atoms. The van der Waals surface area contributed by atoms with Crippen LogP contribution in [-0.4, -0.2) is 104 Å².